The number of anilines is 1. The summed E-state index contributed by atoms with van der Waals surface area (Å²) in [6, 6.07) is 6.59. The molecular formula is C14H18F3NO2SSi. The summed E-state index contributed by atoms with van der Waals surface area (Å²) >= 11 is 0. The van der Waals surface area contributed by atoms with Crippen LogP contribution in [0.2, 0.25) is 24.7 Å². The van der Waals surface area contributed by atoms with E-state index in [1.165, 1.54) is 6.07 Å². The molecule has 3 rings (SSSR count). The van der Waals surface area contributed by atoms with Crippen LogP contribution in [0.15, 0.2) is 24.3 Å². The van der Waals surface area contributed by atoms with Crippen LogP contribution in [0.5, 0.6) is 0 Å². The van der Waals surface area contributed by atoms with E-state index in [2.05, 4.69) is 19.6 Å². The molecule has 1 aromatic carbocycles. The van der Waals surface area contributed by atoms with Crippen LogP contribution >= 0.6 is 0 Å². The van der Waals surface area contributed by atoms with E-state index in [9.17, 15) is 21.6 Å². The average Bonchev–Trinajstić information content (AvgIpc) is 3.12. The monoisotopic (exact) mass is 349 g/mol. The lowest BCUT2D eigenvalue weighted by Crippen LogP contribution is -2.49. The van der Waals surface area contributed by atoms with E-state index in [-0.39, 0.29) is 23.2 Å². The second-order valence-corrected chi connectivity index (χ2v) is 14.5. The number of rotatable bonds is 2. The maximum absolute atomic E-state index is 13.1. The third-order valence-electron chi connectivity index (χ3n) is 5.16. The predicted molar refractivity (Wildman–Crippen MR) is 82.2 cm³/mol. The highest BCUT2D eigenvalue weighted by atomic mass is 32.2. The van der Waals surface area contributed by atoms with Crippen molar-refractivity contribution >= 4 is 23.8 Å². The molecule has 2 atom stereocenters. The number of sulfonamides is 1. The number of fused-ring (bicyclic) bond motifs is 3. The van der Waals surface area contributed by atoms with Gasteiger partial charge in [0.2, 0.25) is 0 Å². The first-order valence-corrected chi connectivity index (χ1v) is 12.0. The summed E-state index contributed by atoms with van der Waals surface area (Å²) in [5.41, 5.74) is -4.34. The Morgan fingerprint density at radius 1 is 1.23 bits per heavy atom. The van der Waals surface area contributed by atoms with E-state index in [4.69, 9.17) is 0 Å². The Bertz CT molecular complexity index is 726. The van der Waals surface area contributed by atoms with Crippen molar-refractivity contribution in [1.29, 1.82) is 0 Å². The van der Waals surface area contributed by atoms with Crippen molar-refractivity contribution in [3.63, 3.8) is 0 Å². The molecule has 3 nitrogen and oxygen atoms in total. The van der Waals surface area contributed by atoms with Gasteiger partial charge in [0.25, 0.3) is 0 Å². The van der Waals surface area contributed by atoms with Gasteiger partial charge in [0.05, 0.1) is 13.8 Å². The standard InChI is InChI=1S/C14H18F3NO2SSi/c1-22(2,3)13-8-11(13)10-6-4-5-7-12(10)18(9-13)21(19,20)14(15,16)17/h4-7,11H,8-9H2,1-3H3/t11-,13-/m1/s1. The van der Waals surface area contributed by atoms with Crippen molar-refractivity contribution in [2.24, 2.45) is 0 Å². The molecule has 0 N–H and O–H groups in total. The number of halogens is 3. The first-order chi connectivity index (χ1) is 9.92. The first kappa shape index (κ1) is 15.9. The van der Waals surface area contributed by atoms with Gasteiger partial charge in [0.15, 0.2) is 0 Å². The van der Waals surface area contributed by atoms with E-state index < -0.39 is 23.6 Å². The number of para-hydroxylation sites is 1. The summed E-state index contributed by atoms with van der Waals surface area (Å²) in [5.74, 6) is 0.190. The molecule has 0 amide bonds. The second-order valence-electron chi connectivity index (χ2n) is 7.18. The Balaban J connectivity index is 2.17. The normalized spacial score (nSPS) is 28.1. The van der Waals surface area contributed by atoms with E-state index in [0.29, 0.717) is 4.31 Å². The number of alkyl halides is 3. The Morgan fingerprint density at radius 3 is 2.36 bits per heavy atom. The van der Waals surface area contributed by atoms with Gasteiger partial charge < -0.3 is 0 Å². The summed E-state index contributed by atoms with van der Waals surface area (Å²) in [7, 11) is -7.19. The summed E-state index contributed by atoms with van der Waals surface area (Å²) in [6.45, 7) is 6.24. The van der Waals surface area contributed by atoms with Gasteiger partial charge >= 0.3 is 15.5 Å². The fraction of sp³-hybridized carbons (Fsp3) is 0.571. The minimum absolute atomic E-state index is 0.0494. The lowest BCUT2D eigenvalue weighted by Gasteiger charge is -2.40. The highest BCUT2D eigenvalue weighted by molar-refractivity contribution is 7.93. The highest BCUT2D eigenvalue weighted by Gasteiger charge is 2.67. The smallest absolute Gasteiger partial charge is 0.262 e. The molecule has 0 bridgehead atoms. The third-order valence-corrected chi connectivity index (χ3v) is 10.3. The minimum Gasteiger partial charge on any atom is -0.262 e. The molecule has 2 aliphatic rings. The highest BCUT2D eigenvalue weighted by Crippen LogP contribution is 2.74. The molecule has 22 heavy (non-hydrogen) atoms. The van der Waals surface area contributed by atoms with Crippen molar-refractivity contribution in [3.05, 3.63) is 29.8 Å². The zero-order valence-corrected chi connectivity index (χ0v) is 14.4. The van der Waals surface area contributed by atoms with Crippen molar-refractivity contribution in [2.75, 3.05) is 10.8 Å². The SMILES string of the molecule is C[Si](C)(C)[C@@]12C[C@@H]1c1ccccc1N(S(=O)(=O)C(F)(F)F)C2. The fourth-order valence-electron chi connectivity index (χ4n) is 3.64. The molecule has 0 aromatic heterocycles. The number of nitrogens with zero attached hydrogens (tertiary/aromatic N) is 1. The van der Waals surface area contributed by atoms with Gasteiger partial charge in [-0.05, 0) is 29.0 Å². The van der Waals surface area contributed by atoms with Crippen LogP contribution in [0, 0.1) is 0 Å². The first-order valence-electron chi connectivity index (χ1n) is 7.10. The van der Waals surface area contributed by atoms with Gasteiger partial charge in [-0.2, -0.15) is 21.6 Å². The second kappa shape index (κ2) is 4.28. The number of hydrogen-bond donors (Lipinski definition) is 0. The molecular weight excluding hydrogens is 331 g/mol. The number of hydrogen-bond acceptors (Lipinski definition) is 2. The van der Waals surface area contributed by atoms with Crippen LogP contribution in [0.25, 0.3) is 0 Å². The molecule has 8 heteroatoms. The van der Waals surface area contributed by atoms with Gasteiger partial charge in [-0.1, -0.05) is 37.8 Å². The van der Waals surface area contributed by atoms with Crippen LogP contribution in [-0.2, 0) is 10.0 Å². The lowest BCUT2D eigenvalue weighted by atomic mass is 10.0. The molecule has 0 spiro atoms. The van der Waals surface area contributed by atoms with Gasteiger partial charge in [-0.3, -0.25) is 4.31 Å². The molecule has 1 aromatic rings. The van der Waals surface area contributed by atoms with Crippen molar-refractivity contribution < 1.29 is 21.6 Å². The average molecular weight is 349 g/mol. The summed E-state index contributed by atoms with van der Waals surface area (Å²) in [5, 5.41) is -0.292. The van der Waals surface area contributed by atoms with Gasteiger partial charge in [0.1, 0.15) is 0 Å². The molecule has 0 saturated heterocycles. The molecule has 0 unspecified atom stereocenters. The van der Waals surface area contributed by atoms with Crippen LogP contribution in [0.3, 0.4) is 0 Å². The van der Waals surface area contributed by atoms with Crippen LogP contribution in [0.1, 0.15) is 17.9 Å². The molecule has 0 radical (unpaired) electrons. The van der Waals surface area contributed by atoms with E-state index in [1.807, 2.05) is 0 Å². The largest absolute Gasteiger partial charge is 0.516 e. The van der Waals surface area contributed by atoms with Gasteiger partial charge in [-0.15, -0.1) is 0 Å². The third kappa shape index (κ3) is 1.96. The molecule has 1 saturated carbocycles. The molecule has 1 aliphatic carbocycles. The number of benzene rings is 1. The maximum Gasteiger partial charge on any atom is 0.516 e. The summed E-state index contributed by atoms with van der Waals surface area (Å²) < 4.78 is 63.8. The zero-order chi connectivity index (χ0) is 16.6. The quantitative estimate of drug-likeness (QED) is 0.759. The van der Waals surface area contributed by atoms with Gasteiger partial charge in [0, 0.05) is 6.54 Å². The Morgan fingerprint density at radius 2 is 1.82 bits per heavy atom. The van der Waals surface area contributed by atoms with E-state index in [1.54, 1.807) is 18.2 Å². The fourth-order valence-corrected chi connectivity index (χ4v) is 7.48. The predicted octanol–water partition coefficient (Wildman–Crippen LogP) is 3.92. The van der Waals surface area contributed by atoms with Crippen LogP contribution in [-0.4, -0.2) is 28.5 Å². The summed E-state index contributed by atoms with van der Waals surface area (Å²) in [4.78, 5) is 0. The van der Waals surface area contributed by atoms with E-state index in [0.717, 1.165) is 12.0 Å². The lowest BCUT2D eigenvalue weighted by molar-refractivity contribution is -0.0438. The summed E-state index contributed by atoms with van der Waals surface area (Å²) in [6.07, 6.45) is 0.781. The molecule has 1 aliphatic heterocycles. The maximum atomic E-state index is 13.1. The van der Waals surface area contributed by atoms with Gasteiger partial charge in [-0.25, -0.2) is 0 Å². The Labute approximate surface area is 129 Å². The Hall–Kier alpha value is -1.02. The molecule has 1 fully saturated rings. The van der Waals surface area contributed by atoms with Crippen LogP contribution in [0.4, 0.5) is 18.9 Å². The van der Waals surface area contributed by atoms with Crippen molar-refractivity contribution in [2.45, 2.75) is 42.5 Å². The Kier molecular flexibility index (Phi) is 3.09. The van der Waals surface area contributed by atoms with E-state index >= 15 is 0 Å². The molecule has 122 valence electrons. The van der Waals surface area contributed by atoms with Crippen molar-refractivity contribution in [1.82, 2.24) is 0 Å². The van der Waals surface area contributed by atoms with Crippen LogP contribution < -0.4 is 4.31 Å². The van der Waals surface area contributed by atoms with Crippen molar-refractivity contribution in [3.8, 4) is 0 Å². The zero-order valence-electron chi connectivity index (χ0n) is 12.6. The molecule has 1 heterocycles. The minimum atomic E-state index is -5.36. The topological polar surface area (TPSA) is 37.4 Å².